The minimum absolute atomic E-state index is 0.607. The molecule has 2 atom stereocenters. The molecule has 0 bridgehead atoms. The highest BCUT2D eigenvalue weighted by Gasteiger charge is 2.12. The SMILES string of the molecule is CCC(NC)C(C)CCOCc1ccccc1. The van der Waals surface area contributed by atoms with Gasteiger partial charge in [0.2, 0.25) is 0 Å². The maximum absolute atomic E-state index is 5.70. The molecule has 0 saturated carbocycles. The summed E-state index contributed by atoms with van der Waals surface area (Å²) in [5, 5.41) is 3.35. The summed E-state index contributed by atoms with van der Waals surface area (Å²) in [6.07, 6.45) is 2.29. The predicted molar refractivity (Wildman–Crippen MR) is 73.0 cm³/mol. The van der Waals surface area contributed by atoms with Crippen molar-refractivity contribution in [1.82, 2.24) is 5.32 Å². The maximum Gasteiger partial charge on any atom is 0.0716 e. The van der Waals surface area contributed by atoms with E-state index < -0.39 is 0 Å². The summed E-state index contributed by atoms with van der Waals surface area (Å²) in [5.74, 6) is 0.667. The summed E-state index contributed by atoms with van der Waals surface area (Å²) in [4.78, 5) is 0. The second kappa shape index (κ2) is 8.26. The van der Waals surface area contributed by atoms with E-state index in [1.54, 1.807) is 0 Å². The number of benzene rings is 1. The van der Waals surface area contributed by atoms with Crippen molar-refractivity contribution in [2.24, 2.45) is 5.92 Å². The first-order valence-electron chi connectivity index (χ1n) is 6.56. The van der Waals surface area contributed by atoms with Crippen LogP contribution >= 0.6 is 0 Å². The van der Waals surface area contributed by atoms with Crippen LogP contribution in [0.5, 0.6) is 0 Å². The summed E-state index contributed by atoms with van der Waals surface area (Å²) in [6.45, 7) is 6.08. The van der Waals surface area contributed by atoms with E-state index in [-0.39, 0.29) is 0 Å². The predicted octanol–water partition coefficient (Wildman–Crippen LogP) is 3.23. The van der Waals surface area contributed by atoms with Crippen LogP contribution in [0.3, 0.4) is 0 Å². The molecule has 2 nitrogen and oxygen atoms in total. The zero-order valence-electron chi connectivity index (χ0n) is 11.3. The molecule has 1 aromatic rings. The highest BCUT2D eigenvalue weighted by Crippen LogP contribution is 2.11. The molecule has 0 saturated heterocycles. The van der Waals surface area contributed by atoms with Gasteiger partial charge < -0.3 is 10.1 Å². The third kappa shape index (κ3) is 5.33. The third-order valence-electron chi connectivity index (χ3n) is 3.33. The van der Waals surface area contributed by atoms with Crippen LogP contribution in [0.1, 0.15) is 32.3 Å². The van der Waals surface area contributed by atoms with Crippen LogP contribution in [-0.2, 0) is 11.3 Å². The lowest BCUT2D eigenvalue weighted by atomic mass is 9.97. The van der Waals surface area contributed by atoms with E-state index in [1.807, 2.05) is 13.1 Å². The molecular weight excluding hydrogens is 210 g/mol. The molecule has 0 aliphatic carbocycles. The normalized spacial score (nSPS) is 14.5. The van der Waals surface area contributed by atoms with E-state index in [1.165, 1.54) is 12.0 Å². The Bertz CT molecular complexity index is 282. The van der Waals surface area contributed by atoms with Crippen LogP contribution in [0, 0.1) is 5.92 Å². The van der Waals surface area contributed by atoms with Crippen molar-refractivity contribution >= 4 is 0 Å². The Hall–Kier alpha value is -0.860. The quantitative estimate of drug-likeness (QED) is 0.699. The highest BCUT2D eigenvalue weighted by atomic mass is 16.5. The van der Waals surface area contributed by atoms with Crippen LogP contribution in [-0.4, -0.2) is 19.7 Å². The summed E-state index contributed by atoms with van der Waals surface area (Å²) >= 11 is 0. The maximum atomic E-state index is 5.70. The van der Waals surface area contributed by atoms with Gasteiger partial charge in [-0.3, -0.25) is 0 Å². The fourth-order valence-electron chi connectivity index (χ4n) is 2.13. The summed E-state index contributed by atoms with van der Waals surface area (Å²) in [7, 11) is 2.04. The minimum Gasteiger partial charge on any atom is -0.377 e. The number of hydrogen-bond donors (Lipinski definition) is 1. The summed E-state index contributed by atoms with van der Waals surface area (Å²) < 4.78 is 5.70. The van der Waals surface area contributed by atoms with Crippen molar-refractivity contribution in [1.29, 1.82) is 0 Å². The van der Waals surface area contributed by atoms with Gasteiger partial charge in [-0.15, -0.1) is 0 Å². The van der Waals surface area contributed by atoms with Crippen LogP contribution in [0.25, 0.3) is 0 Å². The highest BCUT2D eigenvalue weighted by molar-refractivity contribution is 5.13. The molecule has 17 heavy (non-hydrogen) atoms. The molecule has 2 unspecified atom stereocenters. The standard InChI is InChI=1S/C15H25NO/c1-4-15(16-3)13(2)10-11-17-12-14-8-6-5-7-9-14/h5-9,13,15-16H,4,10-12H2,1-3H3. The van der Waals surface area contributed by atoms with E-state index in [0.29, 0.717) is 12.0 Å². The average Bonchev–Trinajstić information content (AvgIpc) is 2.37. The van der Waals surface area contributed by atoms with Crippen molar-refractivity contribution < 1.29 is 4.74 Å². The van der Waals surface area contributed by atoms with Crippen LogP contribution in [0.4, 0.5) is 0 Å². The van der Waals surface area contributed by atoms with Crippen molar-refractivity contribution in [2.45, 2.75) is 39.3 Å². The summed E-state index contributed by atoms with van der Waals surface area (Å²) in [6, 6.07) is 10.9. The van der Waals surface area contributed by atoms with E-state index >= 15 is 0 Å². The smallest absolute Gasteiger partial charge is 0.0716 e. The molecule has 2 heteroatoms. The van der Waals surface area contributed by atoms with E-state index in [9.17, 15) is 0 Å². The molecule has 0 aliphatic rings. The number of ether oxygens (including phenoxy) is 1. The fraction of sp³-hybridized carbons (Fsp3) is 0.600. The number of nitrogens with one attached hydrogen (secondary N) is 1. The number of rotatable bonds is 8. The first-order chi connectivity index (χ1) is 8.27. The Kier molecular flexibility index (Phi) is 6.90. The Balaban J connectivity index is 2.16. The van der Waals surface area contributed by atoms with Crippen molar-refractivity contribution in [2.75, 3.05) is 13.7 Å². The van der Waals surface area contributed by atoms with Gasteiger partial charge in [0.05, 0.1) is 6.61 Å². The Labute approximate surface area is 105 Å². The topological polar surface area (TPSA) is 21.3 Å². The average molecular weight is 235 g/mol. The molecule has 1 N–H and O–H groups in total. The Morgan fingerprint density at radius 3 is 2.53 bits per heavy atom. The first-order valence-corrected chi connectivity index (χ1v) is 6.56. The molecule has 0 heterocycles. The van der Waals surface area contributed by atoms with Gasteiger partial charge in [-0.1, -0.05) is 44.2 Å². The third-order valence-corrected chi connectivity index (χ3v) is 3.33. The molecule has 1 aromatic carbocycles. The largest absolute Gasteiger partial charge is 0.377 e. The first kappa shape index (κ1) is 14.2. The van der Waals surface area contributed by atoms with Gasteiger partial charge in [0.25, 0.3) is 0 Å². The van der Waals surface area contributed by atoms with Gasteiger partial charge in [0.1, 0.15) is 0 Å². The van der Waals surface area contributed by atoms with E-state index in [4.69, 9.17) is 4.74 Å². The molecule has 0 spiro atoms. The van der Waals surface area contributed by atoms with Crippen LogP contribution < -0.4 is 5.32 Å². The van der Waals surface area contributed by atoms with E-state index in [2.05, 4.69) is 43.4 Å². The lowest BCUT2D eigenvalue weighted by molar-refractivity contribution is 0.104. The van der Waals surface area contributed by atoms with Crippen molar-refractivity contribution in [3.63, 3.8) is 0 Å². The van der Waals surface area contributed by atoms with E-state index in [0.717, 1.165) is 19.6 Å². The zero-order chi connectivity index (χ0) is 12.5. The van der Waals surface area contributed by atoms with Gasteiger partial charge in [-0.05, 0) is 31.4 Å². The Morgan fingerprint density at radius 1 is 1.24 bits per heavy atom. The van der Waals surface area contributed by atoms with Crippen LogP contribution in [0.15, 0.2) is 30.3 Å². The summed E-state index contributed by atoms with van der Waals surface area (Å²) in [5.41, 5.74) is 1.25. The molecule has 0 aliphatic heterocycles. The molecule has 0 amide bonds. The van der Waals surface area contributed by atoms with Crippen LogP contribution in [0.2, 0.25) is 0 Å². The van der Waals surface area contributed by atoms with Gasteiger partial charge in [0.15, 0.2) is 0 Å². The van der Waals surface area contributed by atoms with Gasteiger partial charge in [-0.2, -0.15) is 0 Å². The minimum atomic E-state index is 0.607. The lowest BCUT2D eigenvalue weighted by Gasteiger charge is -2.21. The Morgan fingerprint density at radius 2 is 1.94 bits per heavy atom. The molecule has 0 fully saturated rings. The fourth-order valence-corrected chi connectivity index (χ4v) is 2.13. The molecule has 1 rings (SSSR count). The molecule has 96 valence electrons. The van der Waals surface area contributed by atoms with Crippen molar-refractivity contribution in [3.05, 3.63) is 35.9 Å². The zero-order valence-corrected chi connectivity index (χ0v) is 11.3. The molecule has 0 aromatic heterocycles. The second-order valence-electron chi connectivity index (χ2n) is 4.61. The second-order valence-corrected chi connectivity index (χ2v) is 4.61. The van der Waals surface area contributed by atoms with Gasteiger partial charge in [-0.25, -0.2) is 0 Å². The van der Waals surface area contributed by atoms with Crippen molar-refractivity contribution in [3.8, 4) is 0 Å². The monoisotopic (exact) mass is 235 g/mol. The molecular formula is C15H25NO. The van der Waals surface area contributed by atoms with Gasteiger partial charge in [0, 0.05) is 12.6 Å². The number of hydrogen-bond acceptors (Lipinski definition) is 2. The lowest BCUT2D eigenvalue weighted by Crippen LogP contribution is -2.31. The molecule has 0 radical (unpaired) electrons. The van der Waals surface area contributed by atoms with Gasteiger partial charge >= 0.3 is 0 Å².